The van der Waals surface area contributed by atoms with E-state index in [1.807, 2.05) is 0 Å². The van der Waals surface area contributed by atoms with E-state index in [2.05, 4.69) is 20.5 Å². The number of carboxylic acids is 1. The highest BCUT2D eigenvalue weighted by molar-refractivity contribution is 5.86. The summed E-state index contributed by atoms with van der Waals surface area (Å²) in [5, 5.41) is 20.0. The quantitative estimate of drug-likeness (QED) is 0.782. The number of hydrogen-bond acceptors (Lipinski definition) is 7. The van der Waals surface area contributed by atoms with Crippen molar-refractivity contribution >= 4 is 5.97 Å². The average Bonchev–Trinajstić information content (AvgIpc) is 2.88. The first-order valence-corrected chi connectivity index (χ1v) is 5.05. The van der Waals surface area contributed by atoms with Gasteiger partial charge in [0.15, 0.2) is 11.5 Å². The number of carboxylic acid groups (broad SMARTS) is 1. The molecule has 1 N–H and O–H groups in total. The van der Waals surface area contributed by atoms with Gasteiger partial charge in [0, 0.05) is 14.0 Å². The molecule has 0 aliphatic carbocycles. The molecule has 9 heteroatoms. The summed E-state index contributed by atoms with van der Waals surface area (Å²) < 4.78 is 11.1. The van der Waals surface area contributed by atoms with Crippen LogP contribution in [0.3, 0.4) is 0 Å². The summed E-state index contributed by atoms with van der Waals surface area (Å²) in [4.78, 5) is 15.0. The average molecular weight is 253 g/mol. The summed E-state index contributed by atoms with van der Waals surface area (Å²) in [5.41, 5.74) is 0.213. The van der Waals surface area contributed by atoms with Crippen molar-refractivity contribution in [3.8, 4) is 0 Å². The Balaban J connectivity index is 2.29. The molecule has 18 heavy (non-hydrogen) atoms. The maximum absolute atomic E-state index is 10.9. The van der Waals surface area contributed by atoms with Gasteiger partial charge in [-0.05, 0) is 0 Å². The number of methoxy groups -OCH3 is 1. The second-order valence-electron chi connectivity index (χ2n) is 3.51. The monoisotopic (exact) mass is 253 g/mol. The summed E-state index contributed by atoms with van der Waals surface area (Å²) in [5.74, 6) is -0.332. The van der Waals surface area contributed by atoms with Crippen LogP contribution in [0.4, 0.5) is 0 Å². The Bertz CT molecular complexity index is 561. The number of carbonyl (C=O) groups is 1. The van der Waals surface area contributed by atoms with E-state index in [1.54, 1.807) is 6.92 Å². The molecule has 96 valence electrons. The number of aryl methyl sites for hydroxylation is 1. The molecule has 2 rings (SSSR count). The van der Waals surface area contributed by atoms with Gasteiger partial charge in [-0.25, -0.2) is 9.48 Å². The molecule has 0 aliphatic rings. The Morgan fingerprint density at radius 2 is 2.33 bits per heavy atom. The molecular weight excluding hydrogens is 242 g/mol. The molecule has 0 saturated heterocycles. The maximum Gasteiger partial charge on any atom is 0.358 e. The second kappa shape index (κ2) is 4.92. The van der Waals surface area contributed by atoms with Crippen LogP contribution < -0.4 is 0 Å². The maximum atomic E-state index is 10.9. The molecule has 0 aromatic carbocycles. The van der Waals surface area contributed by atoms with E-state index in [0.717, 1.165) is 0 Å². The summed E-state index contributed by atoms with van der Waals surface area (Å²) in [6.07, 6.45) is 0. The van der Waals surface area contributed by atoms with Crippen LogP contribution in [0.25, 0.3) is 0 Å². The zero-order valence-corrected chi connectivity index (χ0v) is 9.82. The van der Waals surface area contributed by atoms with Gasteiger partial charge in [-0.2, -0.15) is 4.98 Å². The Kier molecular flexibility index (Phi) is 3.33. The molecule has 0 spiro atoms. The van der Waals surface area contributed by atoms with Crippen LogP contribution in [-0.2, 0) is 17.9 Å². The van der Waals surface area contributed by atoms with E-state index < -0.39 is 5.97 Å². The molecule has 9 nitrogen and oxygen atoms in total. The second-order valence-corrected chi connectivity index (χ2v) is 3.51. The van der Waals surface area contributed by atoms with Crippen molar-refractivity contribution in [1.29, 1.82) is 0 Å². The molecule has 0 atom stereocenters. The molecule has 0 radical (unpaired) electrons. The lowest BCUT2D eigenvalue weighted by Gasteiger charge is -2.03. The minimum atomic E-state index is -1.16. The molecule has 2 heterocycles. The van der Waals surface area contributed by atoms with Gasteiger partial charge < -0.3 is 14.4 Å². The van der Waals surface area contributed by atoms with Crippen LogP contribution in [0, 0.1) is 6.92 Å². The smallest absolute Gasteiger partial charge is 0.358 e. The number of hydrogen-bond donors (Lipinski definition) is 1. The first kappa shape index (κ1) is 12.2. The van der Waals surface area contributed by atoms with Crippen molar-refractivity contribution in [2.45, 2.75) is 20.1 Å². The fraction of sp³-hybridized carbons (Fsp3) is 0.444. The van der Waals surface area contributed by atoms with Crippen molar-refractivity contribution in [2.75, 3.05) is 7.11 Å². The number of nitrogens with zero attached hydrogens (tertiary/aromatic N) is 5. The third-order valence-electron chi connectivity index (χ3n) is 2.18. The minimum Gasteiger partial charge on any atom is -0.476 e. The summed E-state index contributed by atoms with van der Waals surface area (Å²) in [7, 11) is 1.46. The number of ether oxygens (including phenoxy) is 1. The number of aromatic nitrogens is 5. The van der Waals surface area contributed by atoms with Gasteiger partial charge in [-0.3, -0.25) is 0 Å². The van der Waals surface area contributed by atoms with E-state index in [4.69, 9.17) is 14.4 Å². The van der Waals surface area contributed by atoms with Crippen LogP contribution in [0.5, 0.6) is 0 Å². The first-order chi connectivity index (χ1) is 8.61. The normalized spacial score (nSPS) is 10.8. The van der Waals surface area contributed by atoms with E-state index >= 15 is 0 Å². The zero-order valence-electron chi connectivity index (χ0n) is 9.82. The van der Waals surface area contributed by atoms with Crippen LogP contribution in [0.1, 0.15) is 27.9 Å². The third kappa shape index (κ3) is 2.35. The molecule has 2 aromatic heterocycles. The highest BCUT2D eigenvalue weighted by Gasteiger charge is 2.19. The van der Waals surface area contributed by atoms with Gasteiger partial charge in [0.05, 0.1) is 12.3 Å². The SMILES string of the molecule is COCc1c(C(=O)O)nnn1Cc1noc(C)n1. The van der Waals surface area contributed by atoms with Crippen LogP contribution in [0.15, 0.2) is 4.52 Å². The van der Waals surface area contributed by atoms with E-state index in [9.17, 15) is 4.79 Å². The standard InChI is InChI=1S/C9H11N5O4/c1-5-10-7(12-18-5)3-14-6(4-17-2)8(9(15)16)11-13-14/h3-4H2,1-2H3,(H,15,16). The molecule has 0 saturated carbocycles. The fourth-order valence-corrected chi connectivity index (χ4v) is 1.44. The summed E-state index contributed by atoms with van der Waals surface area (Å²) in [6, 6.07) is 0. The molecule has 0 aliphatic heterocycles. The first-order valence-electron chi connectivity index (χ1n) is 5.05. The van der Waals surface area contributed by atoms with Gasteiger partial charge in [0.1, 0.15) is 6.54 Å². The largest absolute Gasteiger partial charge is 0.476 e. The van der Waals surface area contributed by atoms with Gasteiger partial charge in [0.2, 0.25) is 5.89 Å². The fourth-order valence-electron chi connectivity index (χ4n) is 1.44. The van der Waals surface area contributed by atoms with Crippen molar-refractivity contribution in [1.82, 2.24) is 25.1 Å². The molecule has 0 bridgehead atoms. The number of rotatable bonds is 5. The summed E-state index contributed by atoms with van der Waals surface area (Å²) in [6.45, 7) is 1.93. The Morgan fingerprint density at radius 3 is 2.89 bits per heavy atom. The highest BCUT2D eigenvalue weighted by Crippen LogP contribution is 2.09. The van der Waals surface area contributed by atoms with Gasteiger partial charge in [-0.15, -0.1) is 5.10 Å². The van der Waals surface area contributed by atoms with Crippen LogP contribution >= 0.6 is 0 Å². The molecule has 2 aromatic rings. The van der Waals surface area contributed by atoms with E-state index in [-0.39, 0.29) is 18.8 Å². The summed E-state index contributed by atoms with van der Waals surface area (Å²) >= 11 is 0. The predicted octanol–water partition coefficient (Wildman–Crippen LogP) is -0.138. The van der Waals surface area contributed by atoms with Crippen molar-refractivity contribution in [3.63, 3.8) is 0 Å². The number of aromatic carboxylic acids is 1. The lowest BCUT2D eigenvalue weighted by atomic mass is 10.3. The molecule has 0 unspecified atom stereocenters. The van der Waals surface area contributed by atoms with E-state index in [1.165, 1.54) is 11.8 Å². The lowest BCUT2D eigenvalue weighted by Crippen LogP contribution is -2.11. The van der Waals surface area contributed by atoms with Gasteiger partial charge in [-0.1, -0.05) is 10.4 Å². The van der Waals surface area contributed by atoms with Crippen LogP contribution in [0.2, 0.25) is 0 Å². The Hall–Kier alpha value is -2.29. The van der Waals surface area contributed by atoms with Gasteiger partial charge in [0.25, 0.3) is 0 Å². The Morgan fingerprint density at radius 1 is 1.56 bits per heavy atom. The van der Waals surface area contributed by atoms with Crippen molar-refractivity contribution < 1.29 is 19.2 Å². The van der Waals surface area contributed by atoms with Crippen LogP contribution in [-0.4, -0.2) is 43.3 Å². The van der Waals surface area contributed by atoms with Gasteiger partial charge >= 0.3 is 5.97 Å². The van der Waals surface area contributed by atoms with Crippen molar-refractivity contribution in [2.24, 2.45) is 0 Å². The topological polar surface area (TPSA) is 116 Å². The van der Waals surface area contributed by atoms with Crippen molar-refractivity contribution in [3.05, 3.63) is 23.1 Å². The molecule has 0 amide bonds. The highest BCUT2D eigenvalue weighted by atomic mass is 16.5. The minimum absolute atomic E-state index is 0.0888. The molecule has 0 fully saturated rings. The third-order valence-corrected chi connectivity index (χ3v) is 2.18. The van der Waals surface area contributed by atoms with E-state index in [0.29, 0.717) is 17.4 Å². The predicted molar refractivity (Wildman–Crippen MR) is 55.8 cm³/mol. The Labute approximate surface area is 101 Å². The zero-order chi connectivity index (χ0) is 13.1. The molecular formula is C9H11N5O4. The lowest BCUT2D eigenvalue weighted by molar-refractivity contribution is 0.0684.